The third kappa shape index (κ3) is 7.55. The predicted molar refractivity (Wildman–Crippen MR) is 131 cm³/mol. The fraction of sp³-hybridized carbons (Fsp3) is 0.444. The van der Waals surface area contributed by atoms with Crippen molar-refractivity contribution in [2.75, 3.05) is 6.54 Å². The molecular weight excluding hydrogens is 487 g/mol. The summed E-state index contributed by atoms with van der Waals surface area (Å²) in [6, 6.07) is 11.6. The first-order chi connectivity index (χ1) is 17.5. The molecule has 0 spiro atoms. The van der Waals surface area contributed by atoms with Crippen LogP contribution in [0.15, 0.2) is 54.6 Å². The van der Waals surface area contributed by atoms with Crippen molar-refractivity contribution in [3.05, 3.63) is 71.5 Å². The number of rotatable bonds is 10. The molecule has 4 atom stereocenters. The van der Waals surface area contributed by atoms with Crippen molar-refractivity contribution in [2.24, 2.45) is 5.92 Å². The van der Waals surface area contributed by atoms with E-state index in [-0.39, 0.29) is 18.9 Å². The van der Waals surface area contributed by atoms with E-state index >= 15 is 0 Å². The number of nitrogens with zero attached hydrogens (tertiary/aromatic N) is 1. The SMILES string of the molecule is CCC(C)C(=O)NC(Cc1ccccc1)C(O)C(=O)N1CC(F)(F)CC1C(=O)NCc1cccc(F)c1. The lowest BCUT2D eigenvalue weighted by atomic mass is 9.98. The monoisotopic (exact) mass is 519 g/mol. The lowest BCUT2D eigenvalue weighted by Gasteiger charge is -2.30. The van der Waals surface area contributed by atoms with Crippen LogP contribution in [0.1, 0.15) is 37.8 Å². The third-order valence-electron chi connectivity index (χ3n) is 6.53. The normalized spacial score (nSPS) is 19.1. The van der Waals surface area contributed by atoms with Crippen molar-refractivity contribution in [1.82, 2.24) is 15.5 Å². The smallest absolute Gasteiger partial charge is 0.267 e. The molecule has 1 aliphatic rings. The van der Waals surface area contributed by atoms with Gasteiger partial charge in [0.05, 0.1) is 12.6 Å². The maximum Gasteiger partial charge on any atom is 0.267 e. The van der Waals surface area contributed by atoms with Crippen LogP contribution in [-0.2, 0) is 27.3 Å². The number of hydrogen-bond acceptors (Lipinski definition) is 4. The van der Waals surface area contributed by atoms with Gasteiger partial charge in [-0.15, -0.1) is 0 Å². The van der Waals surface area contributed by atoms with Gasteiger partial charge in [0, 0.05) is 18.9 Å². The van der Waals surface area contributed by atoms with Gasteiger partial charge in [-0.1, -0.05) is 56.3 Å². The summed E-state index contributed by atoms with van der Waals surface area (Å²) < 4.78 is 42.2. The Morgan fingerprint density at radius 3 is 2.43 bits per heavy atom. The highest BCUT2D eigenvalue weighted by Gasteiger charge is 2.51. The van der Waals surface area contributed by atoms with E-state index in [9.17, 15) is 32.7 Å². The predicted octanol–water partition coefficient (Wildman–Crippen LogP) is 2.81. The minimum atomic E-state index is -3.34. The Hall–Kier alpha value is -3.40. The third-order valence-corrected chi connectivity index (χ3v) is 6.53. The van der Waals surface area contributed by atoms with Gasteiger partial charge in [0.1, 0.15) is 11.9 Å². The van der Waals surface area contributed by atoms with E-state index in [2.05, 4.69) is 10.6 Å². The molecule has 3 amide bonds. The molecule has 0 radical (unpaired) electrons. The van der Waals surface area contributed by atoms with Gasteiger partial charge in [-0.25, -0.2) is 13.2 Å². The van der Waals surface area contributed by atoms with E-state index in [4.69, 9.17) is 0 Å². The maximum absolute atomic E-state index is 14.4. The van der Waals surface area contributed by atoms with Crippen molar-refractivity contribution in [2.45, 2.75) is 63.8 Å². The van der Waals surface area contributed by atoms with Gasteiger partial charge in [-0.3, -0.25) is 14.4 Å². The molecule has 3 N–H and O–H groups in total. The Balaban J connectivity index is 1.77. The van der Waals surface area contributed by atoms with Crippen LogP contribution in [0.2, 0.25) is 0 Å². The van der Waals surface area contributed by atoms with Crippen LogP contribution in [0.5, 0.6) is 0 Å². The van der Waals surface area contributed by atoms with E-state index in [1.807, 2.05) is 6.92 Å². The summed E-state index contributed by atoms with van der Waals surface area (Å²) in [5.74, 6) is -6.54. The summed E-state index contributed by atoms with van der Waals surface area (Å²) in [6.45, 7) is 2.35. The molecule has 7 nitrogen and oxygen atoms in total. The first-order valence-electron chi connectivity index (χ1n) is 12.2. The van der Waals surface area contributed by atoms with Crippen molar-refractivity contribution < 1.29 is 32.7 Å². The minimum Gasteiger partial charge on any atom is -0.381 e. The molecule has 200 valence electrons. The Kier molecular flexibility index (Phi) is 9.31. The van der Waals surface area contributed by atoms with Crippen LogP contribution in [0, 0.1) is 11.7 Å². The summed E-state index contributed by atoms with van der Waals surface area (Å²) in [5, 5.41) is 16.1. The quantitative estimate of drug-likeness (QED) is 0.450. The van der Waals surface area contributed by atoms with Crippen LogP contribution < -0.4 is 10.6 Å². The molecule has 0 bridgehead atoms. The topological polar surface area (TPSA) is 98.7 Å². The number of alkyl halides is 2. The molecule has 0 aromatic heterocycles. The van der Waals surface area contributed by atoms with Gasteiger partial charge in [-0.2, -0.15) is 0 Å². The Morgan fingerprint density at radius 2 is 1.78 bits per heavy atom. The Bertz CT molecular complexity index is 1100. The molecule has 2 aromatic carbocycles. The number of aliphatic hydroxyl groups is 1. The number of halogens is 3. The van der Waals surface area contributed by atoms with Crippen LogP contribution >= 0.6 is 0 Å². The second kappa shape index (κ2) is 12.2. The number of carbonyl (C=O) groups excluding carboxylic acids is 3. The molecule has 4 unspecified atom stereocenters. The zero-order valence-electron chi connectivity index (χ0n) is 20.8. The van der Waals surface area contributed by atoms with Gasteiger partial charge in [0.2, 0.25) is 11.8 Å². The van der Waals surface area contributed by atoms with Crippen LogP contribution in [0.25, 0.3) is 0 Å². The van der Waals surface area contributed by atoms with Crippen LogP contribution in [0.3, 0.4) is 0 Å². The van der Waals surface area contributed by atoms with Crippen molar-refractivity contribution >= 4 is 17.7 Å². The highest BCUT2D eigenvalue weighted by atomic mass is 19.3. The molecule has 10 heteroatoms. The molecular formula is C27H32F3N3O4. The number of aliphatic hydroxyl groups excluding tert-OH is 1. The van der Waals surface area contributed by atoms with Gasteiger partial charge in [0.25, 0.3) is 11.8 Å². The second-order valence-corrected chi connectivity index (χ2v) is 9.45. The standard InChI is InChI=1S/C27H32F3N3O4/c1-3-17(2)24(35)32-21(13-18-8-5-4-6-9-18)23(34)26(37)33-16-27(29,30)14-22(33)25(36)31-15-19-10-7-11-20(28)12-19/h4-12,17,21-23,34H,3,13-16H2,1-2H3,(H,31,36)(H,32,35). The largest absolute Gasteiger partial charge is 0.381 e. The zero-order chi connectivity index (χ0) is 27.2. The lowest BCUT2D eigenvalue weighted by molar-refractivity contribution is -0.147. The fourth-order valence-electron chi connectivity index (χ4n) is 4.20. The Labute approximate surface area is 214 Å². The van der Waals surface area contributed by atoms with E-state index < -0.39 is 60.6 Å². The number of hydrogen-bond donors (Lipinski definition) is 3. The Morgan fingerprint density at radius 1 is 1.11 bits per heavy atom. The van der Waals surface area contributed by atoms with E-state index in [1.165, 1.54) is 18.2 Å². The molecule has 1 saturated heterocycles. The van der Waals surface area contributed by atoms with Gasteiger partial charge in [0.15, 0.2) is 6.10 Å². The van der Waals surface area contributed by atoms with E-state index in [0.29, 0.717) is 16.9 Å². The summed E-state index contributed by atoms with van der Waals surface area (Å²) in [5.41, 5.74) is 1.15. The second-order valence-electron chi connectivity index (χ2n) is 9.45. The van der Waals surface area contributed by atoms with Crippen molar-refractivity contribution in [3.8, 4) is 0 Å². The summed E-state index contributed by atoms with van der Waals surface area (Å²) in [6.07, 6.45) is -2.17. The molecule has 0 aliphatic carbocycles. The number of likely N-dealkylation sites (tertiary alicyclic amines) is 1. The number of carbonyl (C=O) groups is 3. The summed E-state index contributed by atoms with van der Waals surface area (Å²) in [4.78, 5) is 39.3. The number of nitrogens with one attached hydrogen (secondary N) is 2. The molecule has 37 heavy (non-hydrogen) atoms. The molecule has 3 rings (SSSR count). The number of benzene rings is 2. The van der Waals surface area contributed by atoms with E-state index in [1.54, 1.807) is 43.3 Å². The van der Waals surface area contributed by atoms with Crippen LogP contribution in [-0.4, -0.2) is 58.4 Å². The average molecular weight is 520 g/mol. The average Bonchev–Trinajstić information content (AvgIpc) is 3.21. The molecule has 1 fully saturated rings. The van der Waals surface area contributed by atoms with Gasteiger partial charge in [-0.05, 0) is 36.1 Å². The number of amides is 3. The molecule has 0 saturated carbocycles. The minimum absolute atomic E-state index is 0.0799. The van der Waals surface area contributed by atoms with Gasteiger partial charge >= 0.3 is 0 Å². The molecule has 1 heterocycles. The zero-order valence-corrected chi connectivity index (χ0v) is 20.8. The van der Waals surface area contributed by atoms with Crippen LogP contribution in [0.4, 0.5) is 13.2 Å². The highest BCUT2D eigenvalue weighted by molar-refractivity contribution is 5.91. The lowest BCUT2D eigenvalue weighted by Crippen LogP contribution is -2.56. The molecule has 1 aliphatic heterocycles. The van der Waals surface area contributed by atoms with Gasteiger partial charge < -0.3 is 20.6 Å². The van der Waals surface area contributed by atoms with E-state index in [0.717, 1.165) is 5.56 Å². The maximum atomic E-state index is 14.4. The summed E-state index contributed by atoms with van der Waals surface area (Å²) in [7, 11) is 0. The fourth-order valence-corrected chi connectivity index (χ4v) is 4.20. The molecule has 2 aromatic rings. The highest BCUT2D eigenvalue weighted by Crippen LogP contribution is 2.33. The van der Waals surface area contributed by atoms with Crippen molar-refractivity contribution in [3.63, 3.8) is 0 Å². The summed E-state index contributed by atoms with van der Waals surface area (Å²) >= 11 is 0. The first kappa shape index (κ1) is 28.2. The first-order valence-corrected chi connectivity index (χ1v) is 12.2. The van der Waals surface area contributed by atoms with Crippen molar-refractivity contribution in [1.29, 1.82) is 0 Å².